The lowest BCUT2D eigenvalue weighted by Gasteiger charge is -2.27. The second-order valence-corrected chi connectivity index (χ2v) is 16.3. The van der Waals surface area contributed by atoms with Crippen molar-refractivity contribution < 1.29 is 58.7 Å². The fraction of sp³-hybridized carbons (Fsp3) is 0.212. The molecule has 0 fully saturated rings. The first-order chi connectivity index (χ1) is 23.8. The first-order valence-corrected chi connectivity index (χ1v) is 19.0. The van der Waals surface area contributed by atoms with Gasteiger partial charge in [0.1, 0.15) is 29.5 Å². The third kappa shape index (κ3) is 8.35. The minimum Gasteiger partial charge on any atom is -0.497 e. The van der Waals surface area contributed by atoms with Gasteiger partial charge in [-0.3, -0.25) is 18.2 Å². The molecule has 2 N–H and O–H groups in total. The topological polar surface area (TPSA) is 211 Å². The van der Waals surface area contributed by atoms with Gasteiger partial charge in [0.25, 0.3) is 20.0 Å². The maximum Gasteiger partial charge on any atom is 0.339 e. The highest BCUT2D eigenvalue weighted by atomic mass is 32.2. The van der Waals surface area contributed by atoms with Crippen LogP contribution in [0.25, 0.3) is 0 Å². The molecule has 0 aliphatic carbocycles. The van der Waals surface area contributed by atoms with E-state index in [-0.39, 0.29) is 20.9 Å². The lowest BCUT2D eigenvalue weighted by molar-refractivity contribution is -0.136. The van der Waals surface area contributed by atoms with Gasteiger partial charge in [0, 0.05) is 6.07 Å². The molecule has 15 nitrogen and oxygen atoms in total. The number of methoxy groups -OCH3 is 2. The Morgan fingerprint density at radius 1 is 0.627 bits per heavy atom. The Kier molecular flexibility index (Phi) is 11.2. The van der Waals surface area contributed by atoms with Gasteiger partial charge in [-0.05, 0) is 92.6 Å². The van der Waals surface area contributed by atoms with Crippen LogP contribution >= 0.6 is 0 Å². The van der Waals surface area contributed by atoms with Crippen molar-refractivity contribution in [2.45, 2.75) is 35.5 Å². The van der Waals surface area contributed by atoms with E-state index < -0.39 is 77.2 Å². The Labute approximate surface area is 295 Å². The summed E-state index contributed by atoms with van der Waals surface area (Å²) >= 11 is 0. The molecule has 0 aliphatic rings. The molecule has 0 aliphatic heterocycles. The minimum absolute atomic E-state index is 0.271. The van der Waals surface area contributed by atoms with Gasteiger partial charge in [0.2, 0.25) is 0 Å². The third-order valence-electron chi connectivity index (χ3n) is 7.41. The summed E-state index contributed by atoms with van der Waals surface area (Å²) in [4.78, 5) is 23.0. The van der Waals surface area contributed by atoms with Gasteiger partial charge in [-0.1, -0.05) is 17.7 Å². The Morgan fingerprint density at radius 3 is 1.49 bits per heavy atom. The Bertz CT molecular complexity index is 2270. The summed E-state index contributed by atoms with van der Waals surface area (Å²) in [6.07, 6.45) is 0. The van der Waals surface area contributed by atoms with Crippen molar-refractivity contribution in [2.75, 3.05) is 35.9 Å². The number of ether oxygens (including phenoxy) is 2. The SMILES string of the molecule is COc1ccc(S(=O)(=O)N(CC(=O)O)c2ccc(N(CC(=O)O)S(=O)(=O)c3ccc(OC)cc3)c(OS(=O)(=O)c3c(C)cc(C)cc3C)c2)cc1. The molecule has 4 aromatic carbocycles. The van der Waals surface area contributed by atoms with Gasteiger partial charge >= 0.3 is 22.1 Å². The Hall–Kier alpha value is -5.33. The van der Waals surface area contributed by atoms with E-state index in [2.05, 4.69) is 0 Å². The van der Waals surface area contributed by atoms with Crippen molar-refractivity contribution in [2.24, 2.45) is 0 Å². The van der Waals surface area contributed by atoms with E-state index in [1.807, 2.05) is 0 Å². The van der Waals surface area contributed by atoms with Crippen LogP contribution in [0.3, 0.4) is 0 Å². The highest BCUT2D eigenvalue weighted by Gasteiger charge is 2.34. The van der Waals surface area contributed by atoms with Crippen LogP contribution in [-0.4, -0.2) is 74.7 Å². The molecule has 0 radical (unpaired) electrons. The molecular formula is C33H34N2O13S3. The number of aryl methyl sites for hydroxylation is 3. The van der Waals surface area contributed by atoms with Crippen LogP contribution in [-0.2, 0) is 39.8 Å². The minimum atomic E-state index is -4.84. The number of anilines is 2. The number of benzene rings is 4. The second kappa shape index (κ2) is 14.9. The largest absolute Gasteiger partial charge is 0.497 e. The number of rotatable bonds is 15. The smallest absolute Gasteiger partial charge is 0.339 e. The highest BCUT2D eigenvalue weighted by molar-refractivity contribution is 7.93. The van der Waals surface area contributed by atoms with Crippen LogP contribution in [0.15, 0.2) is 93.5 Å². The number of hydrogen-bond acceptors (Lipinski definition) is 11. The van der Waals surface area contributed by atoms with E-state index >= 15 is 0 Å². The van der Waals surface area contributed by atoms with Crippen molar-refractivity contribution >= 4 is 53.5 Å². The summed E-state index contributed by atoms with van der Waals surface area (Å²) in [6.45, 7) is 2.38. The predicted octanol–water partition coefficient (Wildman–Crippen LogP) is 3.96. The van der Waals surface area contributed by atoms with Crippen molar-refractivity contribution in [3.05, 3.63) is 95.6 Å². The predicted molar refractivity (Wildman–Crippen MR) is 185 cm³/mol. The maximum atomic E-state index is 14.0. The number of carboxylic acid groups (broad SMARTS) is 2. The van der Waals surface area contributed by atoms with E-state index in [1.54, 1.807) is 19.1 Å². The van der Waals surface area contributed by atoms with Crippen LogP contribution in [0.4, 0.5) is 11.4 Å². The van der Waals surface area contributed by atoms with Crippen LogP contribution in [0, 0.1) is 20.8 Å². The zero-order chi connectivity index (χ0) is 37.9. The summed E-state index contributed by atoms with van der Waals surface area (Å²) in [5, 5.41) is 19.5. The molecule has 0 heterocycles. The zero-order valence-corrected chi connectivity index (χ0v) is 30.4. The summed E-state index contributed by atoms with van der Waals surface area (Å²) in [7, 11) is -11.6. The fourth-order valence-electron chi connectivity index (χ4n) is 5.26. The second-order valence-electron chi connectivity index (χ2n) is 11.1. The molecule has 272 valence electrons. The molecule has 4 aromatic rings. The monoisotopic (exact) mass is 762 g/mol. The summed E-state index contributed by atoms with van der Waals surface area (Å²) in [5.74, 6) is -3.44. The molecule has 0 saturated heterocycles. The molecular weight excluding hydrogens is 729 g/mol. The average Bonchev–Trinajstić information content (AvgIpc) is 3.05. The number of sulfonamides is 2. The van der Waals surface area contributed by atoms with Crippen LogP contribution in [0.5, 0.6) is 17.2 Å². The van der Waals surface area contributed by atoms with Crippen LogP contribution in [0.1, 0.15) is 16.7 Å². The van der Waals surface area contributed by atoms with E-state index in [4.69, 9.17) is 13.7 Å². The van der Waals surface area contributed by atoms with E-state index in [0.29, 0.717) is 20.1 Å². The molecule has 4 rings (SSSR count). The Morgan fingerprint density at radius 2 is 1.06 bits per heavy atom. The fourth-order valence-corrected chi connectivity index (χ4v) is 9.45. The number of carbonyl (C=O) groups is 2. The van der Waals surface area contributed by atoms with Gasteiger partial charge in [0.05, 0.1) is 35.4 Å². The molecule has 0 aromatic heterocycles. The molecule has 0 bridgehead atoms. The Balaban J connectivity index is 2.01. The lowest BCUT2D eigenvalue weighted by atomic mass is 10.1. The summed E-state index contributed by atoms with van der Waals surface area (Å²) < 4.78 is 100. The lowest BCUT2D eigenvalue weighted by Crippen LogP contribution is -2.37. The van der Waals surface area contributed by atoms with E-state index in [1.165, 1.54) is 52.3 Å². The molecule has 0 amide bonds. The van der Waals surface area contributed by atoms with Crippen molar-refractivity contribution in [1.29, 1.82) is 0 Å². The number of carboxylic acids is 2. The molecule has 0 saturated carbocycles. The first kappa shape index (κ1) is 38.5. The number of hydrogen-bond donors (Lipinski definition) is 2. The maximum absolute atomic E-state index is 14.0. The van der Waals surface area contributed by atoms with Gasteiger partial charge in [0.15, 0.2) is 5.75 Å². The molecule has 0 spiro atoms. The van der Waals surface area contributed by atoms with Crippen molar-refractivity contribution in [3.63, 3.8) is 0 Å². The third-order valence-corrected chi connectivity index (χ3v) is 12.5. The molecule has 18 heteroatoms. The number of nitrogens with zero attached hydrogens (tertiary/aromatic N) is 2. The molecule has 0 atom stereocenters. The molecule has 51 heavy (non-hydrogen) atoms. The quantitative estimate of drug-likeness (QED) is 0.165. The van der Waals surface area contributed by atoms with Gasteiger partial charge < -0.3 is 23.9 Å². The van der Waals surface area contributed by atoms with Crippen LogP contribution < -0.4 is 22.3 Å². The standard InChI is InChI=1S/C33H34N2O13S3/c1-21-16-22(2)33(23(3)17-21)51(44,45)48-30-18-24(34(19-31(36)37)49(40,41)27-11-7-25(46-4)8-12-27)6-15-29(30)35(20-32(38)39)50(42,43)28-13-9-26(47-5)10-14-28/h6-18H,19-20H2,1-5H3,(H,36,37)(H,38,39). The summed E-state index contributed by atoms with van der Waals surface area (Å²) in [5.41, 5.74) is 0.218. The first-order valence-electron chi connectivity index (χ1n) is 14.8. The van der Waals surface area contributed by atoms with Gasteiger partial charge in [-0.15, -0.1) is 0 Å². The average molecular weight is 763 g/mol. The van der Waals surface area contributed by atoms with Crippen LogP contribution in [0.2, 0.25) is 0 Å². The van der Waals surface area contributed by atoms with E-state index in [0.717, 1.165) is 48.0 Å². The highest BCUT2D eigenvalue weighted by Crippen LogP contribution is 2.40. The number of aliphatic carboxylic acids is 2. The normalized spacial score (nSPS) is 11.8. The summed E-state index contributed by atoms with van der Waals surface area (Å²) in [6, 6.07) is 15.8. The van der Waals surface area contributed by atoms with E-state index in [9.17, 15) is 45.1 Å². The van der Waals surface area contributed by atoms with Gasteiger partial charge in [-0.25, -0.2) is 16.8 Å². The van der Waals surface area contributed by atoms with Crippen molar-refractivity contribution in [1.82, 2.24) is 0 Å². The molecule has 0 unspecified atom stereocenters. The van der Waals surface area contributed by atoms with Gasteiger partial charge in [-0.2, -0.15) is 8.42 Å². The zero-order valence-electron chi connectivity index (χ0n) is 27.9. The van der Waals surface area contributed by atoms with Crippen molar-refractivity contribution in [3.8, 4) is 17.2 Å².